The first-order chi connectivity index (χ1) is 7.34. The average Bonchev–Trinajstić information content (AvgIpc) is 2.25. The van der Waals surface area contributed by atoms with Gasteiger partial charge >= 0.3 is 0 Å². The summed E-state index contributed by atoms with van der Waals surface area (Å²) in [6.45, 7) is 7.49. The molecule has 0 rings (SSSR count). The summed E-state index contributed by atoms with van der Waals surface area (Å²) in [5.41, 5.74) is -1.23. The van der Waals surface area contributed by atoms with E-state index in [1.54, 1.807) is 7.11 Å². The molecular formula is C12H22N2O2. The van der Waals surface area contributed by atoms with Crippen LogP contribution >= 0.6 is 0 Å². The fourth-order valence-electron chi connectivity index (χ4n) is 1.38. The van der Waals surface area contributed by atoms with Crippen LogP contribution in [0.25, 0.3) is 0 Å². The SMILES string of the molecule is CCC(C#N)(CC)NC(=O)CC(C)(C)OC. The normalized spacial score (nSPS) is 12.0. The van der Waals surface area contributed by atoms with Gasteiger partial charge < -0.3 is 10.1 Å². The van der Waals surface area contributed by atoms with E-state index in [1.165, 1.54) is 0 Å². The number of hydrogen-bond acceptors (Lipinski definition) is 3. The van der Waals surface area contributed by atoms with E-state index in [0.717, 1.165) is 0 Å². The molecule has 0 aliphatic rings. The number of nitrogens with one attached hydrogen (secondary N) is 1. The Labute approximate surface area is 98.0 Å². The molecule has 0 saturated heterocycles. The van der Waals surface area contributed by atoms with Crippen molar-refractivity contribution in [2.24, 2.45) is 0 Å². The Bertz CT molecular complexity index is 275. The lowest BCUT2D eigenvalue weighted by Crippen LogP contribution is -2.48. The van der Waals surface area contributed by atoms with Crippen LogP contribution in [0, 0.1) is 11.3 Å². The summed E-state index contributed by atoms with van der Waals surface area (Å²) in [6, 6.07) is 2.18. The lowest BCUT2D eigenvalue weighted by Gasteiger charge is -2.28. The van der Waals surface area contributed by atoms with Crippen molar-refractivity contribution in [1.29, 1.82) is 5.26 Å². The number of hydrogen-bond donors (Lipinski definition) is 1. The first-order valence-corrected chi connectivity index (χ1v) is 5.62. The Balaban J connectivity index is 4.50. The summed E-state index contributed by atoms with van der Waals surface area (Å²) >= 11 is 0. The molecule has 0 aromatic rings. The van der Waals surface area contributed by atoms with Crippen LogP contribution in [0.3, 0.4) is 0 Å². The van der Waals surface area contributed by atoms with Gasteiger partial charge in [0.1, 0.15) is 5.54 Å². The third-order valence-corrected chi connectivity index (χ3v) is 2.94. The fourth-order valence-corrected chi connectivity index (χ4v) is 1.38. The van der Waals surface area contributed by atoms with Gasteiger partial charge in [-0.3, -0.25) is 4.79 Å². The van der Waals surface area contributed by atoms with Gasteiger partial charge in [-0.2, -0.15) is 5.26 Å². The molecule has 1 amide bonds. The van der Waals surface area contributed by atoms with Crippen LogP contribution in [-0.2, 0) is 9.53 Å². The molecule has 92 valence electrons. The molecule has 0 aliphatic heterocycles. The van der Waals surface area contributed by atoms with Gasteiger partial charge in [-0.05, 0) is 26.7 Å². The Morgan fingerprint density at radius 3 is 2.19 bits per heavy atom. The van der Waals surface area contributed by atoms with E-state index in [9.17, 15) is 4.79 Å². The molecule has 0 aromatic heterocycles. The lowest BCUT2D eigenvalue weighted by molar-refractivity contribution is -0.127. The van der Waals surface area contributed by atoms with Gasteiger partial charge in [0.15, 0.2) is 0 Å². The first-order valence-electron chi connectivity index (χ1n) is 5.62. The first kappa shape index (κ1) is 14.9. The van der Waals surface area contributed by atoms with Crippen molar-refractivity contribution in [3.63, 3.8) is 0 Å². The van der Waals surface area contributed by atoms with Gasteiger partial charge in [0, 0.05) is 7.11 Å². The van der Waals surface area contributed by atoms with E-state index >= 15 is 0 Å². The van der Waals surface area contributed by atoms with Crippen molar-refractivity contribution in [2.45, 2.75) is 58.1 Å². The maximum Gasteiger partial charge on any atom is 0.224 e. The van der Waals surface area contributed by atoms with Crippen molar-refractivity contribution in [3.05, 3.63) is 0 Å². The summed E-state index contributed by atoms with van der Waals surface area (Å²) in [7, 11) is 1.57. The molecule has 16 heavy (non-hydrogen) atoms. The van der Waals surface area contributed by atoms with Crippen molar-refractivity contribution < 1.29 is 9.53 Å². The molecule has 0 heterocycles. The molecule has 0 unspecified atom stereocenters. The fraction of sp³-hybridized carbons (Fsp3) is 0.833. The predicted octanol–water partition coefficient (Wildman–Crippen LogP) is 2.00. The summed E-state index contributed by atoms with van der Waals surface area (Å²) < 4.78 is 5.18. The van der Waals surface area contributed by atoms with Crippen LogP contribution in [0.4, 0.5) is 0 Å². The molecule has 0 radical (unpaired) electrons. The summed E-state index contributed by atoms with van der Waals surface area (Å²) in [5.74, 6) is -0.142. The molecule has 0 saturated carbocycles. The van der Waals surface area contributed by atoms with E-state index in [4.69, 9.17) is 10.00 Å². The van der Waals surface area contributed by atoms with E-state index in [2.05, 4.69) is 11.4 Å². The number of nitrogens with zero attached hydrogens (tertiary/aromatic N) is 1. The second-order valence-corrected chi connectivity index (χ2v) is 4.59. The monoisotopic (exact) mass is 226 g/mol. The van der Waals surface area contributed by atoms with Gasteiger partial charge in [0.2, 0.25) is 5.91 Å². The van der Waals surface area contributed by atoms with Crippen LogP contribution < -0.4 is 5.32 Å². The number of rotatable bonds is 6. The predicted molar refractivity (Wildman–Crippen MR) is 62.8 cm³/mol. The Hall–Kier alpha value is -1.08. The van der Waals surface area contributed by atoms with Gasteiger partial charge in [0.25, 0.3) is 0 Å². The zero-order valence-corrected chi connectivity index (χ0v) is 10.9. The molecule has 0 bridgehead atoms. The minimum absolute atomic E-state index is 0.142. The quantitative estimate of drug-likeness (QED) is 0.753. The average molecular weight is 226 g/mol. The summed E-state index contributed by atoms with van der Waals surface area (Å²) in [4.78, 5) is 11.8. The van der Waals surface area contributed by atoms with Crippen molar-refractivity contribution in [1.82, 2.24) is 5.32 Å². The van der Waals surface area contributed by atoms with E-state index in [1.807, 2.05) is 27.7 Å². The number of nitriles is 1. The lowest BCUT2D eigenvalue weighted by atomic mass is 9.93. The minimum Gasteiger partial charge on any atom is -0.378 e. The Morgan fingerprint density at radius 2 is 1.88 bits per heavy atom. The highest BCUT2D eigenvalue weighted by Gasteiger charge is 2.30. The van der Waals surface area contributed by atoms with E-state index in [0.29, 0.717) is 12.8 Å². The molecule has 0 aromatic carbocycles. The van der Waals surface area contributed by atoms with E-state index in [-0.39, 0.29) is 12.3 Å². The molecule has 4 nitrogen and oxygen atoms in total. The zero-order valence-electron chi connectivity index (χ0n) is 10.9. The number of carbonyl (C=O) groups excluding carboxylic acids is 1. The number of carbonyl (C=O) groups is 1. The third kappa shape index (κ3) is 4.19. The van der Waals surface area contributed by atoms with Gasteiger partial charge in [-0.25, -0.2) is 0 Å². The van der Waals surface area contributed by atoms with E-state index < -0.39 is 11.1 Å². The van der Waals surface area contributed by atoms with Crippen molar-refractivity contribution in [3.8, 4) is 6.07 Å². The number of methoxy groups -OCH3 is 1. The van der Waals surface area contributed by atoms with Crippen LogP contribution in [0.1, 0.15) is 47.0 Å². The molecule has 0 fully saturated rings. The smallest absolute Gasteiger partial charge is 0.224 e. The maximum absolute atomic E-state index is 11.8. The van der Waals surface area contributed by atoms with Crippen LogP contribution in [0.2, 0.25) is 0 Å². The highest BCUT2D eigenvalue weighted by Crippen LogP contribution is 2.17. The summed E-state index contributed by atoms with van der Waals surface area (Å²) in [6.07, 6.45) is 1.48. The van der Waals surface area contributed by atoms with Crippen LogP contribution in [0.5, 0.6) is 0 Å². The number of amides is 1. The van der Waals surface area contributed by atoms with Crippen molar-refractivity contribution >= 4 is 5.91 Å². The maximum atomic E-state index is 11.8. The molecule has 4 heteroatoms. The topological polar surface area (TPSA) is 62.1 Å². The Morgan fingerprint density at radius 1 is 1.38 bits per heavy atom. The van der Waals surface area contributed by atoms with Crippen LogP contribution in [0.15, 0.2) is 0 Å². The highest BCUT2D eigenvalue weighted by atomic mass is 16.5. The van der Waals surface area contributed by atoms with Crippen LogP contribution in [-0.4, -0.2) is 24.2 Å². The second kappa shape index (κ2) is 5.86. The van der Waals surface area contributed by atoms with Gasteiger partial charge in [0.05, 0.1) is 18.1 Å². The standard InChI is InChI=1S/C12H22N2O2/c1-6-12(7-2,9-13)14-10(15)8-11(3,4)16-5/h6-8H2,1-5H3,(H,14,15). The zero-order chi connectivity index (χ0) is 12.8. The second-order valence-electron chi connectivity index (χ2n) is 4.59. The molecule has 1 N–H and O–H groups in total. The molecule has 0 aliphatic carbocycles. The molecule has 0 atom stereocenters. The van der Waals surface area contributed by atoms with Gasteiger partial charge in [-0.15, -0.1) is 0 Å². The largest absolute Gasteiger partial charge is 0.378 e. The minimum atomic E-state index is -0.735. The molecular weight excluding hydrogens is 204 g/mol. The highest BCUT2D eigenvalue weighted by molar-refractivity contribution is 5.78. The number of ether oxygens (including phenoxy) is 1. The van der Waals surface area contributed by atoms with Gasteiger partial charge in [-0.1, -0.05) is 13.8 Å². The molecule has 0 spiro atoms. The Kier molecular flexibility index (Phi) is 5.46. The summed E-state index contributed by atoms with van der Waals surface area (Å²) in [5, 5.41) is 11.9. The third-order valence-electron chi connectivity index (χ3n) is 2.94. The van der Waals surface area contributed by atoms with Crippen molar-refractivity contribution in [2.75, 3.05) is 7.11 Å².